The lowest BCUT2D eigenvalue weighted by molar-refractivity contribution is -0.885. The predicted octanol–water partition coefficient (Wildman–Crippen LogP) is 2.87. The van der Waals surface area contributed by atoms with Crippen LogP contribution in [0.4, 0.5) is 0 Å². The monoisotopic (exact) mass is 411 g/mol. The van der Waals surface area contributed by atoms with E-state index in [4.69, 9.17) is 5.10 Å². The highest BCUT2D eigenvalue weighted by Crippen LogP contribution is 2.23. The molecule has 4 aromatic rings. The molecule has 3 aromatic carbocycles. The second-order valence-corrected chi connectivity index (χ2v) is 7.72. The third-order valence-corrected chi connectivity index (χ3v) is 5.15. The molecule has 4 rings (SSSR count). The zero-order chi connectivity index (χ0) is 21.5. The normalized spacial score (nSPS) is 11.8. The van der Waals surface area contributed by atoms with E-state index in [0.717, 1.165) is 33.0 Å². The Morgan fingerprint density at radius 3 is 2.19 bits per heavy atom. The maximum atomic E-state index is 12.4. The second-order valence-electron chi connectivity index (χ2n) is 7.72. The zero-order valence-electron chi connectivity index (χ0n) is 17.7. The van der Waals surface area contributed by atoms with Crippen molar-refractivity contribution in [1.82, 2.24) is 15.1 Å². The highest BCUT2D eigenvalue weighted by molar-refractivity contribution is 5.76. The molecule has 0 fully saturated rings. The molecule has 0 saturated heterocycles. The maximum Gasteiger partial charge on any atom is 0.275 e. The second kappa shape index (κ2) is 9.87. The molecule has 0 saturated carbocycles. The maximum absolute atomic E-state index is 12.4. The number of hydrogen-bond acceptors (Lipinski definition) is 2. The van der Waals surface area contributed by atoms with E-state index in [1.165, 1.54) is 0 Å². The summed E-state index contributed by atoms with van der Waals surface area (Å²) in [5, 5.41) is 7.87. The van der Waals surface area contributed by atoms with E-state index in [2.05, 4.69) is 23.6 Å². The van der Waals surface area contributed by atoms with Crippen molar-refractivity contribution in [3.05, 3.63) is 108 Å². The third kappa shape index (κ3) is 5.47. The van der Waals surface area contributed by atoms with Gasteiger partial charge in [0.2, 0.25) is 0 Å². The van der Waals surface area contributed by atoms with Crippen LogP contribution in [0.25, 0.3) is 16.9 Å². The van der Waals surface area contributed by atoms with Gasteiger partial charge >= 0.3 is 0 Å². The molecule has 1 unspecified atom stereocenters. The van der Waals surface area contributed by atoms with Gasteiger partial charge in [0.15, 0.2) is 6.54 Å². The molecule has 156 valence electrons. The van der Waals surface area contributed by atoms with E-state index in [-0.39, 0.29) is 5.91 Å². The van der Waals surface area contributed by atoms with Gasteiger partial charge in [-0.2, -0.15) is 5.10 Å². The number of quaternary nitrogens is 1. The topological polar surface area (TPSA) is 51.4 Å². The Morgan fingerprint density at radius 1 is 0.903 bits per heavy atom. The van der Waals surface area contributed by atoms with Crippen molar-refractivity contribution in [1.29, 1.82) is 0 Å². The van der Waals surface area contributed by atoms with Crippen molar-refractivity contribution in [2.24, 2.45) is 0 Å². The van der Waals surface area contributed by atoms with E-state index in [0.29, 0.717) is 19.6 Å². The van der Waals surface area contributed by atoms with Gasteiger partial charge in [0.05, 0.1) is 18.3 Å². The van der Waals surface area contributed by atoms with E-state index < -0.39 is 0 Å². The average molecular weight is 412 g/mol. The van der Waals surface area contributed by atoms with Crippen LogP contribution in [0, 0.1) is 0 Å². The molecular weight excluding hydrogens is 384 g/mol. The molecule has 2 N–H and O–H groups in total. The minimum Gasteiger partial charge on any atom is -0.347 e. The fourth-order valence-electron chi connectivity index (χ4n) is 3.61. The third-order valence-electron chi connectivity index (χ3n) is 5.15. The number of amides is 1. The lowest BCUT2D eigenvalue weighted by Gasteiger charge is -2.14. The summed E-state index contributed by atoms with van der Waals surface area (Å²) in [6.07, 6.45) is 2.07. The lowest BCUT2D eigenvalue weighted by atomic mass is 10.1. The number of likely N-dealkylation sites (N-methyl/N-ethyl adjacent to an activating group) is 1. The van der Waals surface area contributed by atoms with E-state index in [9.17, 15) is 4.79 Å². The van der Waals surface area contributed by atoms with Crippen molar-refractivity contribution < 1.29 is 9.69 Å². The molecule has 0 aliphatic rings. The minimum absolute atomic E-state index is 0.0399. The zero-order valence-corrected chi connectivity index (χ0v) is 17.7. The fraction of sp³-hybridized carbons (Fsp3) is 0.154. The smallest absolute Gasteiger partial charge is 0.275 e. The fourth-order valence-corrected chi connectivity index (χ4v) is 3.61. The SMILES string of the molecule is C[NH+](CC(=O)NCc1ccccc1)Cc1cn(-c2ccccc2)nc1-c1ccccc1. The Hall–Kier alpha value is -3.70. The number of carbonyl (C=O) groups is 1. The summed E-state index contributed by atoms with van der Waals surface area (Å²) < 4.78 is 1.92. The van der Waals surface area contributed by atoms with E-state index in [1.807, 2.05) is 90.6 Å². The number of nitrogens with zero attached hydrogens (tertiary/aromatic N) is 2. The van der Waals surface area contributed by atoms with Crippen molar-refractivity contribution in [2.75, 3.05) is 13.6 Å². The molecule has 1 atom stereocenters. The Labute approximate surface area is 183 Å². The molecule has 0 bridgehead atoms. The Kier molecular flexibility index (Phi) is 6.55. The molecule has 31 heavy (non-hydrogen) atoms. The van der Waals surface area contributed by atoms with Gasteiger partial charge in [0, 0.05) is 18.3 Å². The number of aromatic nitrogens is 2. The number of nitrogens with one attached hydrogen (secondary N) is 2. The molecular formula is C26H27N4O+. The van der Waals surface area contributed by atoms with Crippen LogP contribution in [0.1, 0.15) is 11.1 Å². The van der Waals surface area contributed by atoms with Crippen LogP contribution in [0.2, 0.25) is 0 Å². The number of benzene rings is 3. The first kappa shape index (κ1) is 20.6. The Morgan fingerprint density at radius 2 is 1.52 bits per heavy atom. The predicted molar refractivity (Wildman–Crippen MR) is 123 cm³/mol. The molecule has 0 aliphatic carbocycles. The van der Waals surface area contributed by atoms with Gasteiger partial charge in [-0.3, -0.25) is 4.79 Å². The first-order valence-corrected chi connectivity index (χ1v) is 10.5. The summed E-state index contributed by atoms with van der Waals surface area (Å²) >= 11 is 0. The molecule has 0 radical (unpaired) electrons. The van der Waals surface area contributed by atoms with Crippen molar-refractivity contribution in [2.45, 2.75) is 13.1 Å². The van der Waals surface area contributed by atoms with Crippen LogP contribution in [0.3, 0.4) is 0 Å². The van der Waals surface area contributed by atoms with Crippen LogP contribution in [0.5, 0.6) is 0 Å². The summed E-state index contributed by atoms with van der Waals surface area (Å²) in [7, 11) is 2.04. The van der Waals surface area contributed by atoms with Crippen LogP contribution in [0.15, 0.2) is 97.2 Å². The van der Waals surface area contributed by atoms with E-state index in [1.54, 1.807) is 0 Å². The van der Waals surface area contributed by atoms with Gasteiger partial charge < -0.3 is 10.2 Å². The van der Waals surface area contributed by atoms with Crippen molar-refractivity contribution in [3.63, 3.8) is 0 Å². The number of para-hydroxylation sites is 1. The van der Waals surface area contributed by atoms with Gasteiger partial charge in [0.25, 0.3) is 5.91 Å². The first-order valence-electron chi connectivity index (χ1n) is 10.5. The Balaban J connectivity index is 1.47. The van der Waals surface area contributed by atoms with Gasteiger partial charge in [-0.1, -0.05) is 78.9 Å². The molecule has 0 spiro atoms. The lowest BCUT2D eigenvalue weighted by Crippen LogP contribution is -3.08. The molecule has 0 aliphatic heterocycles. The molecule has 1 heterocycles. The van der Waals surface area contributed by atoms with Crippen molar-refractivity contribution in [3.8, 4) is 16.9 Å². The van der Waals surface area contributed by atoms with E-state index >= 15 is 0 Å². The van der Waals surface area contributed by atoms with Crippen LogP contribution < -0.4 is 10.2 Å². The van der Waals surface area contributed by atoms with Gasteiger partial charge in [-0.05, 0) is 17.7 Å². The first-order chi connectivity index (χ1) is 15.2. The summed E-state index contributed by atoms with van der Waals surface area (Å²) in [5.74, 6) is 0.0399. The van der Waals surface area contributed by atoms with Gasteiger partial charge in [0.1, 0.15) is 12.2 Å². The van der Waals surface area contributed by atoms with Gasteiger partial charge in [-0.25, -0.2) is 4.68 Å². The standard InChI is InChI=1S/C26H26N4O/c1-29(20-25(31)27-17-21-11-5-2-6-12-21)18-23-19-30(24-15-9-4-10-16-24)28-26(23)22-13-7-3-8-14-22/h2-16,19H,17-18,20H2,1H3,(H,27,31)/p+1. The molecule has 1 aromatic heterocycles. The molecule has 1 amide bonds. The molecule has 5 heteroatoms. The number of rotatable bonds is 8. The van der Waals surface area contributed by atoms with Crippen molar-refractivity contribution >= 4 is 5.91 Å². The van der Waals surface area contributed by atoms with Crippen LogP contribution in [-0.4, -0.2) is 29.3 Å². The van der Waals surface area contributed by atoms with Crippen LogP contribution in [-0.2, 0) is 17.9 Å². The summed E-state index contributed by atoms with van der Waals surface area (Å²) in [5.41, 5.74) is 5.26. The molecule has 5 nitrogen and oxygen atoms in total. The minimum atomic E-state index is 0.0399. The Bertz CT molecular complexity index is 1110. The quantitative estimate of drug-likeness (QED) is 0.468. The highest BCUT2D eigenvalue weighted by Gasteiger charge is 2.17. The summed E-state index contributed by atoms with van der Waals surface area (Å²) in [6, 6.07) is 30.3. The number of carbonyl (C=O) groups excluding carboxylic acids is 1. The average Bonchev–Trinajstić information content (AvgIpc) is 3.23. The van der Waals surface area contributed by atoms with Crippen LogP contribution >= 0.6 is 0 Å². The largest absolute Gasteiger partial charge is 0.347 e. The van der Waals surface area contributed by atoms with Gasteiger partial charge in [-0.15, -0.1) is 0 Å². The summed E-state index contributed by atoms with van der Waals surface area (Å²) in [4.78, 5) is 13.6. The number of hydrogen-bond donors (Lipinski definition) is 2. The highest BCUT2D eigenvalue weighted by atomic mass is 16.2. The summed E-state index contributed by atoms with van der Waals surface area (Å²) in [6.45, 7) is 1.65.